The molecule has 0 aromatic heterocycles. The van der Waals surface area contributed by atoms with Crippen molar-refractivity contribution in [3.63, 3.8) is 0 Å². The van der Waals surface area contributed by atoms with Crippen LogP contribution in [0.5, 0.6) is 0 Å². The Balaban J connectivity index is 2.57. The summed E-state index contributed by atoms with van der Waals surface area (Å²) in [5.74, 6) is 0. The van der Waals surface area contributed by atoms with E-state index in [1.165, 1.54) is 6.61 Å². The summed E-state index contributed by atoms with van der Waals surface area (Å²) in [4.78, 5) is 4.39. The summed E-state index contributed by atoms with van der Waals surface area (Å²) in [5.41, 5.74) is 0.444. The van der Waals surface area contributed by atoms with Crippen LogP contribution in [-0.2, 0) is 4.84 Å². The number of hydrogen-bond acceptors (Lipinski definition) is 3. The highest BCUT2D eigenvalue weighted by Gasteiger charge is 2.05. The molecular formula is C4H3N2O. The van der Waals surface area contributed by atoms with E-state index in [0.717, 1.165) is 0 Å². The molecule has 0 N–H and O–H groups in total. The molecule has 0 spiro atoms. The summed E-state index contributed by atoms with van der Waals surface area (Å²) in [5, 5.41) is 11.4. The zero-order chi connectivity index (χ0) is 5.11. The first-order valence-corrected chi connectivity index (χ1v) is 1.88. The Labute approximate surface area is 41.2 Å². The Bertz CT molecular complexity index is 133. The Morgan fingerprint density at radius 3 is 3.14 bits per heavy atom. The van der Waals surface area contributed by atoms with Crippen molar-refractivity contribution in [1.29, 1.82) is 5.26 Å². The first kappa shape index (κ1) is 4.13. The van der Waals surface area contributed by atoms with Gasteiger partial charge >= 0.3 is 0 Å². The second-order valence-corrected chi connectivity index (χ2v) is 1.13. The zero-order valence-electron chi connectivity index (χ0n) is 3.59. The average molecular weight is 95.1 g/mol. The van der Waals surface area contributed by atoms with Gasteiger partial charge in [-0.3, -0.25) is 0 Å². The third-order valence-electron chi connectivity index (χ3n) is 0.643. The van der Waals surface area contributed by atoms with Gasteiger partial charge in [0.05, 0.1) is 0 Å². The number of hydrogen-bond donors (Lipinski definition) is 0. The topological polar surface area (TPSA) is 45.4 Å². The first-order chi connectivity index (χ1) is 3.43. The van der Waals surface area contributed by atoms with Gasteiger partial charge in [-0.25, -0.2) is 0 Å². The fraction of sp³-hybridized carbons (Fsp3) is 0.250. The van der Waals surface area contributed by atoms with E-state index in [0.29, 0.717) is 12.1 Å². The largest absolute Gasteiger partial charge is 0.387 e. The average Bonchev–Trinajstić information content (AvgIpc) is 2.14. The van der Waals surface area contributed by atoms with Gasteiger partial charge in [-0.1, -0.05) is 5.16 Å². The van der Waals surface area contributed by atoms with E-state index in [2.05, 4.69) is 9.99 Å². The van der Waals surface area contributed by atoms with Crippen LogP contribution in [0.3, 0.4) is 0 Å². The molecule has 1 aliphatic rings. The Hall–Kier alpha value is -1.04. The predicted molar refractivity (Wildman–Crippen MR) is 23.0 cm³/mol. The Morgan fingerprint density at radius 1 is 2.00 bits per heavy atom. The lowest BCUT2D eigenvalue weighted by atomic mass is 10.3. The third-order valence-corrected chi connectivity index (χ3v) is 0.643. The number of rotatable bonds is 0. The van der Waals surface area contributed by atoms with E-state index < -0.39 is 0 Å². The molecule has 0 unspecified atom stereocenters. The molecule has 0 amide bonds. The summed E-state index contributed by atoms with van der Waals surface area (Å²) in [6, 6.07) is 1.86. The van der Waals surface area contributed by atoms with E-state index in [4.69, 9.17) is 5.26 Å². The van der Waals surface area contributed by atoms with Gasteiger partial charge in [-0.15, -0.1) is 0 Å². The molecule has 3 nitrogen and oxygen atoms in total. The van der Waals surface area contributed by atoms with Gasteiger partial charge in [0.15, 0.2) is 12.3 Å². The molecule has 0 aromatic carbocycles. The van der Waals surface area contributed by atoms with Crippen LogP contribution in [0.15, 0.2) is 5.16 Å². The molecule has 3 heteroatoms. The monoisotopic (exact) mass is 95.0 g/mol. The first-order valence-electron chi connectivity index (χ1n) is 1.88. The summed E-state index contributed by atoms with van der Waals surface area (Å²) >= 11 is 0. The number of nitriles is 1. The Morgan fingerprint density at radius 2 is 2.86 bits per heavy atom. The molecule has 35 valence electrons. The van der Waals surface area contributed by atoms with E-state index in [-0.39, 0.29) is 0 Å². The smallest absolute Gasteiger partial charge is 0.173 e. The van der Waals surface area contributed by atoms with E-state index in [9.17, 15) is 0 Å². The maximum Gasteiger partial charge on any atom is 0.173 e. The minimum atomic E-state index is 0.444. The fourth-order valence-electron chi connectivity index (χ4n) is 0.320. The summed E-state index contributed by atoms with van der Waals surface area (Å²) in [7, 11) is 0. The zero-order valence-corrected chi connectivity index (χ0v) is 3.59. The molecule has 0 aliphatic carbocycles. The minimum absolute atomic E-state index is 0.444. The molecule has 0 saturated heterocycles. The van der Waals surface area contributed by atoms with Crippen molar-refractivity contribution in [3.8, 4) is 6.07 Å². The normalized spacial score (nSPS) is 17.3. The van der Waals surface area contributed by atoms with Gasteiger partial charge in [0, 0.05) is 6.42 Å². The van der Waals surface area contributed by atoms with Crippen LogP contribution in [0.25, 0.3) is 0 Å². The predicted octanol–water partition coefficient (Wildman–Crippen LogP) is 0.448. The molecule has 0 fully saturated rings. The minimum Gasteiger partial charge on any atom is -0.387 e. The van der Waals surface area contributed by atoms with E-state index >= 15 is 0 Å². The van der Waals surface area contributed by atoms with Crippen molar-refractivity contribution >= 4 is 5.71 Å². The highest BCUT2D eigenvalue weighted by Crippen LogP contribution is 2.01. The molecule has 0 bridgehead atoms. The van der Waals surface area contributed by atoms with Crippen LogP contribution in [0, 0.1) is 17.9 Å². The number of nitrogens with zero attached hydrogens (tertiary/aromatic N) is 2. The van der Waals surface area contributed by atoms with E-state index in [1.807, 2.05) is 6.07 Å². The maximum atomic E-state index is 8.09. The highest BCUT2D eigenvalue weighted by atomic mass is 16.6. The molecule has 1 aliphatic heterocycles. The SMILES string of the molecule is N#CC1=NO[CH]C1. The standard InChI is InChI=1S/C4H3N2O/c5-3-4-1-2-7-6-4/h2H,1H2. The lowest BCUT2D eigenvalue weighted by Crippen LogP contribution is -1.83. The molecule has 1 radical (unpaired) electrons. The van der Waals surface area contributed by atoms with Gasteiger partial charge in [0.2, 0.25) is 0 Å². The molecule has 0 aromatic rings. The molecule has 0 atom stereocenters. The quantitative estimate of drug-likeness (QED) is 0.438. The third kappa shape index (κ3) is 0.686. The van der Waals surface area contributed by atoms with Gasteiger partial charge in [-0.2, -0.15) is 5.26 Å². The van der Waals surface area contributed by atoms with Gasteiger partial charge in [0.25, 0.3) is 0 Å². The van der Waals surface area contributed by atoms with Crippen LogP contribution in [-0.4, -0.2) is 5.71 Å². The fourth-order valence-corrected chi connectivity index (χ4v) is 0.320. The summed E-state index contributed by atoms with van der Waals surface area (Å²) < 4.78 is 0. The van der Waals surface area contributed by atoms with Gasteiger partial charge in [0.1, 0.15) is 6.07 Å². The second-order valence-electron chi connectivity index (χ2n) is 1.13. The van der Waals surface area contributed by atoms with Crippen molar-refractivity contribution in [2.24, 2.45) is 5.16 Å². The molecule has 0 saturated carbocycles. The van der Waals surface area contributed by atoms with Crippen molar-refractivity contribution in [1.82, 2.24) is 0 Å². The lowest BCUT2D eigenvalue weighted by Gasteiger charge is -1.73. The van der Waals surface area contributed by atoms with Gasteiger partial charge in [-0.05, 0) is 0 Å². The van der Waals surface area contributed by atoms with Crippen LogP contribution in [0.1, 0.15) is 6.42 Å². The van der Waals surface area contributed by atoms with Crippen LogP contribution in [0.4, 0.5) is 0 Å². The van der Waals surface area contributed by atoms with Crippen molar-refractivity contribution in [3.05, 3.63) is 6.61 Å². The van der Waals surface area contributed by atoms with Crippen molar-refractivity contribution in [2.75, 3.05) is 0 Å². The maximum absolute atomic E-state index is 8.09. The van der Waals surface area contributed by atoms with Crippen LogP contribution in [0.2, 0.25) is 0 Å². The highest BCUT2D eigenvalue weighted by molar-refractivity contribution is 5.99. The van der Waals surface area contributed by atoms with E-state index in [1.54, 1.807) is 0 Å². The molecule has 7 heavy (non-hydrogen) atoms. The number of oxime groups is 1. The lowest BCUT2D eigenvalue weighted by molar-refractivity contribution is 0.234. The second kappa shape index (κ2) is 1.61. The summed E-state index contributed by atoms with van der Waals surface area (Å²) in [6.45, 7) is 1.48. The van der Waals surface area contributed by atoms with Crippen LogP contribution >= 0.6 is 0 Å². The van der Waals surface area contributed by atoms with Gasteiger partial charge < -0.3 is 4.84 Å². The Kier molecular flexibility index (Phi) is 0.947. The molecule has 1 rings (SSSR count). The summed E-state index contributed by atoms with van der Waals surface area (Å²) in [6.07, 6.45) is 0.552. The van der Waals surface area contributed by atoms with Crippen molar-refractivity contribution < 1.29 is 4.84 Å². The van der Waals surface area contributed by atoms with Crippen molar-refractivity contribution in [2.45, 2.75) is 6.42 Å². The van der Waals surface area contributed by atoms with Crippen LogP contribution < -0.4 is 0 Å². The molecular weight excluding hydrogens is 92.1 g/mol. The molecule has 1 heterocycles.